The number of piperazine rings is 1. The Morgan fingerprint density at radius 1 is 1.04 bits per heavy atom. The molecule has 0 radical (unpaired) electrons. The van der Waals surface area contributed by atoms with Crippen LogP contribution in [0.25, 0.3) is 0 Å². The van der Waals surface area contributed by atoms with E-state index in [9.17, 15) is 9.90 Å². The van der Waals surface area contributed by atoms with E-state index in [1.54, 1.807) is 0 Å². The zero-order valence-electron chi connectivity index (χ0n) is 15.0. The highest BCUT2D eigenvalue weighted by Gasteiger charge is 2.29. The number of aryl methyl sites for hydroxylation is 2. The number of hydrogen-bond acceptors (Lipinski definition) is 3. The summed E-state index contributed by atoms with van der Waals surface area (Å²) in [4.78, 5) is 16.3. The first-order chi connectivity index (χ1) is 12.0. The van der Waals surface area contributed by atoms with Gasteiger partial charge in [-0.1, -0.05) is 42.0 Å². The fourth-order valence-electron chi connectivity index (χ4n) is 3.53. The van der Waals surface area contributed by atoms with Crippen molar-refractivity contribution in [3.8, 4) is 0 Å². The largest absolute Gasteiger partial charge is 0.480 e. The minimum atomic E-state index is -0.728. The molecule has 1 fully saturated rings. The van der Waals surface area contributed by atoms with Gasteiger partial charge in [0.1, 0.15) is 6.04 Å². The number of aliphatic carboxylic acids is 1. The van der Waals surface area contributed by atoms with Gasteiger partial charge in [-0.05, 0) is 43.5 Å². The molecule has 1 heterocycles. The number of para-hydroxylation sites is 1. The number of hydrogen-bond donors (Lipinski definition) is 1. The van der Waals surface area contributed by atoms with Crippen molar-refractivity contribution in [2.75, 3.05) is 31.1 Å². The third-order valence-corrected chi connectivity index (χ3v) is 5.08. The molecule has 0 unspecified atom stereocenters. The van der Waals surface area contributed by atoms with Crippen molar-refractivity contribution < 1.29 is 9.90 Å². The Balaban J connectivity index is 1.68. The van der Waals surface area contributed by atoms with Crippen molar-refractivity contribution in [2.24, 2.45) is 0 Å². The Hall–Kier alpha value is -2.33. The molecule has 25 heavy (non-hydrogen) atoms. The van der Waals surface area contributed by atoms with Crippen LogP contribution in [0.5, 0.6) is 0 Å². The quantitative estimate of drug-likeness (QED) is 0.910. The van der Waals surface area contributed by atoms with Gasteiger partial charge in [-0.15, -0.1) is 0 Å². The molecule has 0 aliphatic carbocycles. The van der Waals surface area contributed by atoms with E-state index < -0.39 is 12.0 Å². The summed E-state index contributed by atoms with van der Waals surface area (Å²) in [7, 11) is 0. The van der Waals surface area contributed by atoms with E-state index in [-0.39, 0.29) is 0 Å². The van der Waals surface area contributed by atoms with E-state index in [0.717, 1.165) is 31.7 Å². The highest BCUT2D eigenvalue weighted by atomic mass is 16.4. The predicted molar refractivity (Wildman–Crippen MR) is 101 cm³/mol. The molecule has 2 aromatic carbocycles. The summed E-state index contributed by atoms with van der Waals surface area (Å²) in [6.07, 6.45) is 0.564. The molecule has 1 aliphatic heterocycles. The van der Waals surface area contributed by atoms with Gasteiger partial charge in [0.2, 0.25) is 0 Å². The van der Waals surface area contributed by atoms with Crippen molar-refractivity contribution in [1.82, 2.24) is 4.90 Å². The molecular weight excluding hydrogens is 312 g/mol. The maximum Gasteiger partial charge on any atom is 0.321 e. The zero-order chi connectivity index (χ0) is 17.8. The van der Waals surface area contributed by atoms with Crippen molar-refractivity contribution >= 4 is 11.7 Å². The van der Waals surface area contributed by atoms with Crippen LogP contribution in [0.4, 0.5) is 5.69 Å². The van der Waals surface area contributed by atoms with Gasteiger partial charge in [0.05, 0.1) is 0 Å². The van der Waals surface area contributed by atoms with Gasteiger partial charge >= 0.3 is 5.97 Å². The lowest BCUT2D eigenvalue weighted by atomic mass is 9.97. The molecule has 3 rings (SSSR count). The van der Waals surface area contributed by atoms with Crippen LogP contribution in [-0.4, -0.2) is 48.2 Å². The molecule has 132 valence electrons. The summed E-state index contributed by atoms with van der Waals surface area (Å²) in [6, 6.07) is 16.1. The first kappa shape index (κ1) is 17.5. The van der Waals surface area contributed by atoms with Crippen molar-refractivity contribution in [3.63, 3.8) is 0 Å². The Labute approximate surface area is 149 Å². The van der Waals surface area contributed by atoms with Crippen LogP contribution in [0.2, 0.25) is 0 Å². The standard InChI is InChI=1S/C21H26N2O2/c1-16-8-9-17(2)18(14-16)15-20(21(24)25)23-12-10-22(11-13-23)19-6-4-3-5-7-19/h3-9,14,20H,10-13,15H2,1-2H3,(H,24,25)/t20-/m0/s1. The van der Waals surface area contributed by atoms with E-state index in [1.807, 2.05) is 18.2 Å². The van der Waals surface area contributed by atoms with Crippen LogP contribution in [-0.2, 0) is 11.2 Å². The molecule has 4 nitrogen and oxygen atoms in total. The molecule has 1 atom stereocenters. The maximum absolute atomic E-state index is 11.9. The summed E-state index contributed by atoms with van der Waals surface area (Å²) in [5.41, 5.74) is 4.69. The first-order valence-electron chi connectivity index (χ1n) is 8.87. The fraction of sp³-hybridized carbons (Fsp3) is 0.381. The van der Waals surface area contributed by atoms with Crippen LogP contribution in [0.1, 0.15) is 16.7 Å². The second-order valence-corrected chi connectivity index (χ2v) is 6.85. The topological polar surface area (TPSA) is 43.8 Å². The van der Waals surface area contributed by atoms with E-state index in [0.29, 0.717) is 6.42 Å². The van der Waals surface area contributed by atoms with Gasteiger partial charge in [0.15, 0.2) is 0 Å². The fourth-order valence-corrected chi connectivity index (χ4v) is 3.53. The summed E-state index contributed by atoms with van der Waals surface area (Å²) in [5, 5.41) is 9.77. The number of carboxylic acid groups (broad SMARTS) is 1. The van der Waals surface area contributed by atoms with Gasteiger partial charge in [-0.2, -0.15) is 0 Å². The average Bonchev–Trinajstić information content (AvgIpc) is 2.63. The number of rotatable bonds is 5. The Bertz CT molecular complexity index is 722. The highest BCUT2D eigenvalue weighted by Crippen LogP contribution is 2.20. The van der Waals surface area contributed by atoms with Crippen LogP contribution in [0, 0.1) is 13.8 Å². The van der Waals surface area contributed by atoms with Gasteiger partial charge < -0.3 is 10.0 Å². The molecule has 1 saturated heterocycles. The zero-order valence-corrected chi connectivity index (χ0v) is 15.0. The summed E-state index contributed by atoms with van der Waals surface area (Å²) >= 11 is 0. The smallest absolute Gasteiger partial charge is 0.321 e. The third-order valence-electron chi connectivity index (χ3n) is 5.08. The van der Waals surface area contributed by atoms with Crippen LogP contribution >= 0.6 is 0 Å². The molecule has 4 heteroatoms. The molecule has 0 saturated carbocycles. The van der Waals surface area contributed by atoms with Gasteiger partial charge in [-0.25, -0.2) is 0 Å². The Kier molecular flexibility index (Phi) is 5.39. The monoisotopic (exact) mass is 338 g/mol. The number of carboxylic acids is 1. The molecule has 0 amide bonds. The molecular formula is C21H26N2O2. The second kappa shape index (κ2) is 7.70. The molecule has 2 aromatic rings. The SMILES string of the molecule is Cc1ccc(C)c(C[C@@H](C(=O)O)N2CCN(c3ccccc3)CC2)c1. The van der Waals surface area contributed by atoms with Crippen molar-refractivity contribution in [2.45, 2.75) is 26.3 Å². The Morgan fingerprint density at radius 3 is 2.36 bits per heavy atom. The van der Waals surface area contributed by atoms with E-state index in [4.69, 9.17) is 0 Å². The molecule has 1 N–H and O–H groups in total. The first-order valence-corrected chi connectivity index (χ1v) is 8.87. The number of carbonyl (C=O) groups is 1. The van der Waals surface area contributed by atoms with E-state index >= 15 is 0 Å². The van der Waals surface area contributed by atoms with Crippen molar-refractivity contribution in [1.29, 1.82) is 0 Å². The minimum Gasteiger partial charge on any atom is -0.480 e. The molecule has 0 spiro atoms. The summed E-state index contributed by atoms with van der Waals surface area (Å²) < 4.78 is 0. The summed E-state index contributed by atoms with van der Waals surface area (Å²) in [6.45, 7) is 7.38. The number of nitrogens with zero attached hydrogens (tertiary/aromatic N) is 2. The third kappa shape index (κ3) is 4.20. The summed E-state index contributed by atoms with van der Waals surface area (Å²) in [5.74, 6) is -0.728. The van der Waals surface area contributed by atoms with Crippen molar-refractivity contribution in [3.05, 3.63) is 65.2 Å². The lowest BCUT2D eigenvalue weighted by Crippen LogP contribution is -2.53. The molecule has 0 bridgehead atoms. The Morgan fingerprint density at radius 2 is 1.72 bits per heavy atom. The van der Waals surface area contributed by atoms with E-state index in [1.165, 1.54) is 16.8 Å². The van der Waals surface area contributed by atoms with Gasteiger partial charge in [0.25, 0.3) is 0 Å². The van der Waals surface area contributed by atoms with Gasteiger partial charge in [-0.3, -0.25) is 9.69 Å². The lowest BCUT2D eigenvalue weighted by molar-refractivity contribution is -0.143. The minimum absolute atomic E-state index is 0.460. The molecule has 1 aliphatic rings. The number of anilines is 1. The normalized spacial score (nSPS) is 16.6. The number of benzene rings is 2. The lowest BCUT2D eigenvalue weighted by Gasteiger charge is -2.39. The predicted octanol–water partition coefficient (Wildman–Crippen LogP) is 3.12. The molecule has 0 aromatic heterocycles. The van der Waals surface area contributed by atoms with Crippen LogP contribution in [0.3, 0.4) is 0 Å². The highest BCUT2D eigenvalue weighted by molar-refractivity contribution is 5.74. The van der Waals surface area contributed by atoms with Crippen LogP contribution < -0.4 is 4.90 Å². The van der Waals surface area contributed by atoms with Crippen LogP contribution in [0.15, 0.2) is 48.5 Å². The average molecular weight is 338 g/mol. The maximum atomic E-state index is 11.9. The van der Waals surface area contributed by atoms with E-state index in [2.05, 4.69) is 54.0 Å². The van der Waals surface area contributed by atoms with Gasteiger partial charge in [0, 0.05) is 31.9 Å². The second-order valence-electron chi connectivity index (χ2n) is 6.85.